The first-order valence-electron chi connectivity index (χ1n) is 8.29. The van der Waals surface area contributed by atoms with Gasteiger partial charge in [0.1, 0.15) is 0 Å². The standard InChI is InChI=1S/C17H21N5O2/c1-2-13-6-8-14(9-7-13)12-18-22-17(24)15(19-20-22)16(23)21-10-4-3-5-11-21/h6-9,12,20H,2-5,10-11H2,1H3. The van der Waals surface area contributed by atoms with Crippen LogP contribution in [0.1, 0.15) is 47.8 Å². The summed E-state index contributed by atoms with van der Waals surface area (Å²) in [5.41, 5.74) is 1.49. The molecule has 3 rings (SSSR count). The van der Waals surface area contributed by atoms with Crippen molar-refractivity contribution in [2.45, 2.75) is 32.6 Å². The maximum Gasteiger partial charge on any atom is 0.320 e. The van der Waals surface area contributed by atoms with Crippen molar-refractivity contribution in [3.63, 3.8) is 0 Å². The van der Waals surface area contributed by atoms with Crippen molar-refractivity contribution in [2.75, 3.05) is 13.1 Å². The van der Waals surface area contributed by atoms with E-state index in [0.29, 0.717) is 13.1 Å². The Bertz CT molecular complexity index is 782. The van der Waals surface area contributed by atoms with Gasteiger partial charge in [0.2, 0.25) is 5.69 Å². The lowest BCUT2D eigenvalue weighted by Crippen LogP contribution is -2.38. The van der Waals surface area contributed by atoms with Crippen molar-refractivity contribution >= 4 is 12.1 Å². The van der Waals surface area contributed by atoms with E-state index in [4.69, 9.17) is 0 Å². The van der Waals surface area contributed by atoms with E-state index in [9.17, 15) is 9.59 Å². The number of carbonyl (C=O) groups is 1. The number of benzene rings is 1. The number of hydrogen-bond donors (Lipinski definition) is 1. The van der Waals surface area contributed by atoms with E-state index in [2.05, 4.69) is 22.3 Å². The highest BCUT2D eigenvalue weighted by Crippen LogP contribution is 2.10. The molecule has 1 aliphatic heterocycles. The van der Waals surface area contributed by atoms with Crippen LogP contribution in [0, 0.1) is 0 Å². The fourth-order valence-corrected chi connectivity index (χ4v) is 2.72. The number of carbonyl (C=O) groups excluding carboxylic acids is 1. The third-order valence-corrected chi connectivity index (χ3v) is 4.21. The highest BCUT2D eigenvalue weighted by molar-refractivity contribution is 5.92. The summed E-state index contributed by atoms with van der Waals surface area (Å²) in [4.78, 5) is 27.3. The summed E-state index contributed by atoms with van der Waals surface area (Å²) in [6, 6.07) is 7.90. The van der Waals surface area contributed by atoms with Gasteiger partial charge in [0, 0.05) is 13.1 Å². The molecule has 0 unspecified atom stereocenters. The predicted molar refractivity (Wildman–Crippen MR) is 91.4 cm³/mol. The van der Waals surface area contributed by atoms with Gasteiger partial charge in [-0.25, -0.2) is 0 Å². The number of aromatic nitrogens is 3. The molecule has 1 aliphatic rings. The highest BCUT2D eigenvalue weighted by Gasteiger charge is 2.24. The van der Waals surface area contributed by atoms with E-state index in [1.807, 2.05) is 24.3 Å². The minimum absolute atomic E-state index is 0.101. The predicted octanol–water partition coefficient (Wildman–Crippen LogP) is 1.64. The first-order chi connectivity index (χ1) is 11.7. The monoisotopic (exact) mass is 327 g/mol. The van der Waals surface area contributed by atoms with E-state index in [0.717, 1.165) is 36.0 Å². The summed E-state index contributed by atoms with van der Waals surface area (Å²) in [5, 5.41) is 10.4. The van der Waals surface area contributed by atoms with E-state index in [1.165, 1.54) is 5.56 Å². The van der Waals surface area contributed by atoms with Gasteiger partial charge in [-0.3, -0.25) is 9.59 Å². The molecule has 0 radical (unpaired) electrons. The molecule has 1 aromatic carbocycles. The van der Waals surface area contributed by atoms with Crippen LogP contribution >= 0.6 is 0 Å². The molecule has 1 N–H and O–H groups in total. The molecule has 0 saturated carbocycles. The number of rotatable bonds is 4. The van der Waals surface area contributed by atoms with Gasteiger partial charge in [-0.2, -0.15) is 10.3 Å². The Morgan fingerprint density at radius 2 is 1.96 bits per heavy atom. The van der Waals surface area contributed by atoms with Gasteiger partial charge < -0.3 is 4.90 Å². The molecule has 126 valence electrons. The van der Waals surface area contributed by atoms with Crippen LogP contribution < -0.4 is 5.56 Å². The second-order valence-electron chi connectivity index (χ2n) is 5.87. The van der Waals surface area contributed by atoms with Crippen LogP contribution in [0.4, 0.5) is 0 Å². The van der Waals surface area contributed by atoms with E-state index < -0.39 is 5.56 Å². The topological polar surface area (TPSA) is 83.3 Å². The number of H-pyrrole nitrogens is 1. The van der Waals surface area contributed by atoms with Gasteiger partial charge in [-0.05, 0) is 36.8 Å². The van der Waals surface area contributed by atoms with E-state index >= 15 is 0 Å². The Kier molecular flexibility index (Phi) is 4.88. The molecule has 7 nitrogen and oxygen atoms in total. The van der Waals surface area contributed by atoms with Crippen LogP contribution in [-0.2, 0) is 6.42 Å². The molecule has 0 bridgehead atoms. The highest BCUT2D eigenvalue weighted by atomic mass is 16.2. The van der Waals surface area contributed by atoms with Crippen LogP contribution in [0.3, 0.4) is 0 Å². The number of nitrogens with one attached hydrogen (secondary N) is 1. The number of piperidine rings is 1. The van der Waals surface area contributed by atoms with Gasteiger partial charge in [0.15, 0.2) is 0 Å². The second-order valence-corrected chi connectivity index (χ2v) is 5.87. The van der Waals surface area contributed by atoms with Crippen molar-refractivity contribution in [3.8, 4) is 0 Å². The van der Waals surface area contributed by atoms with Crippen LogP contribution in [0.25, 0.3) is 0 Å². The van der Waals surface area contributed by atoms with E-state index in [-0.39, 0.29) is 11.6 Å². The Morgan fingerprint density at radius 1 is 1.25 bits per heavy atom. The Balaban J connectivity index is 1.75. The molecule has 1 fully saturated rings. The van der Waals surface area contributed by atoms with Crippen molar-refractivity contribution in [3.05, 3.63) is 51.4 Å². The zero-order valence-electron chi connectivity index (χ0n) is 13.7. The van der Waals surface area contributed by atoms with Gasteiger partial charge in [-0.1, -0.05) is 31.2 Å². The zero-order valence-corrected chi connectivity index (χ0v) is 13.7. The van der Waals surface area contributed by atoms with Crippen LogP contribution in [0.2, 0.25) is 0 Å². The van der Waals surface area contributed by atoms with Gasteiger partial charge in [-0.15, -0.1) is 9.89 Å². The number of nitrogens with zero attached hydrogens (tertiary/aromatic N) is 4. The van der Waals surface area contributed by atoms with E-state index in [1.54, 1.807) is 11.1 Å². The van der Waals surface area contributed by atoms with Crippen LogP contribution in [0.15, 0.2) is 34.2 Å². The molecule has 2 heterocycles. The lowest BCUT2D eigenvalue weighted by atomic mass is 10.1. The molecule has 0 spiro atoms. The maximum atomic E-state index is 12.4. The SMILES string of the molecule is CCc1ccc(C=Nn2[nH]nc(C(=O)N3CCCCC3)c2=O)cc1. The fraction of sp³-hybridized carbons (Fsp3) is 0.412. The minimum atomic E-state index is -0.521. The molecule has 24 heavy (non-hydrogen) atoms. The molecular weight excluding hydrogens is 306 g/mol. The van der Waals surface area contributed by atoms with Crippen molar-refractivity contribution < 1.29 is 4.79 Å². The third kappa shape index (κ3) is 3.45. The van der Waals surface area contributed by atoms with Gasteiger partial charge in [0.05, 0.1) is 6.21 Å². The maximum absolute atomic E-state index is 12.4. The fourth-order valence-electron chi connectivity index (χ4n) is 2.72. The lowest BCUT2D eigenvalue weighted by Gasteiger charge is -2.25. The molecule has 0 aliphatic carbocycles. The molecule has 1 aromatic heterocycles. The number of aryl methyl sites for hydroxylation is 1. The second kappa shape index (κ2) is 7.25. The summed E-state index contributed by atoms with van der Waals surface area (Å²) in [5.74, 6) is -0.322. The average Bonchev–Trinajstić information content (AvgIpc) is 3.01. The van der Waals surface area contributed by atoms with Crippen molar-refractivity contribution in [1.29, 1.82) is 0 Å². The quantitative estimate of drug-likeness (QED) is 0.867. The van der Waals surface area contributed by atoms with Crippen LogP contribution in [0.5, 0.6) is 0 Å². The first-order valence-corrected chi connectivity index (χ1v) is 8.29. The number of amides is 1. The number of hydrogen-bond acceptors (Lipinski definition) is 4. The molecular formula is C17H21N5O2. The third-order valence-electron chi connectivity index (χ3n) is 4.21. The van der Waals surface area contributed by atoms with Gasteiger partial charge >= 0.3 is 5.56 Å². The Morgan fingerprint density at radius 3 is 2.62 bits per heavy atom. The van der Waals surface area contributed by atoms with Crippen molar-refractivity contribution in [1.82, 2.24) is 20.0 Å². The smallest absolute Gasteiger partial charge is 0.320 e. The summed E-state index contributed by atoms with van der Waals surface area (Å²) in [7, 11) is 0. The zero-order chi connectivity index (χ0) is 16.9. The normalized spacial score (nSPS) is 15.1. The summed E-state index contributed by atoms with van der Waals surface area (Å²) >= 11 is 0. The minimum Gasteiger partial charge on any atom is -0.337 e. The average molecular weight is 327 g/mol. The van der Waals surface area contributed by atoms with Crippen molar-refractivity contribution in [2.24, 2.45) is 5.10 Å². The molecule has 1 amide bonds. The van der Waals surface area contributed by atoms with Gasteiger partial charge in [0.25, 0.3) is 5.91 Å². The summed E-state index contributed by atoms with van der Waals surface area (Å²) in [6.45, 7) is 3.45. The molecule has 7 heteroatoms. The number of aromatic amines is 1. The lowest BCUT2D eigenvalue weighted by molar-refractivity contribution is 0.0717. The summed E-state index contributed by atoms with van der Waals surface area (Å²) in [6.07, 6.45) is 5.59. The van der Waals surface area contributed by atoms with Crippen LogP contribution in [-0.4, -0.2) is 45.2 Å². The molecule has 0 atom stereocenters. The largest absolute Gasteiger partial charge is 0.337 e. The Hall–Kier alpha value is -2.70. The number of likely N-dealkylation sites (tertiary alicyclic amines) is 1. The molecule has 1 saturated heterocycles. The Labute approximate surface area is 140 Å². The molecule has 2 aromatic rings. The summed E-state index contributed by atoms with van der Waals surface area (Å²) < 4.78 is 0. The first kappa shape index (κ1) is 16.2.